The minimum absolute atomic E-state index is 0.0756. The van der Waals surface area contributed by atoms with Gasteiger partial charge in [0.25, 0.3) is 0 Å². The SMILES string of the molecule is C=C1C(=O)OC2C[C@@]1(C)OC[C@H]2[C@H]1CC[C@H]2[C@@H]3C[C@H]4O[C@]45CC=CC(=O)[C@]5(C)[C@H]3CC[C@]12C. The first-order valence-corrected chi connectivity index (χ1v) is 13.1. The monoisotopic (exact) mass is 452 g/mol. The molecule has 7 aliphatic rings. The second kappa shape index (κ2) is 6.20. The standard InChI is InChI=1S/C28H36O5/c1-15-24(30)32-21-13-26(15,3)31-14-17(21)19-8-7-18-16-12-23-28(33-23)10-5-6-22(29)27(28,4)20(16)9-11-25(18,19)2/h5-6,16-21,23H,1,7-14H2,2-4H3/t16-,17-,18-,19+,20-,21?,23+,25-,26+,27-,28+/m0/s1. The van der Waals surface area contributed by atoms with E-state index in [4.69, 9.17) is 14.2 Å². The molecule has 6 fully saturated rings. The zero-order chi connectivity index (χ0) is 23.0. The Morgan fingerprint density at radius 1 is 1.03 bits per heavy atom. The number of allylic oxidation sites excluding steroid dienone is 1. The molecule has 4 aliphatic carbocycles. The number of carbonyl (C=O) groups excluding carboxylic acids is 2. The molecule has 11 atom stereocenters. The van der Waals surface area contributed by atoms with Crippen LogP contribution < -0.4 is 0 Å². The van der Waals surface area contributed by atoms with E-state index in [0.717, 1.165) is 38.5 Å². The van der Waals surface area contributed by atoms with Gasteiger partial charge < -0.3 is 14.2 Å². The van der Waals surface area contributed by atoms with E-state index in [-0.39, 0.29) is 40.5 Å². The normalized spacial score (nSPS) is 58.6. The molecule has 3 heterocycles. The smallest absolute Gasteiger partial charge is 0.336 e. The lowest BCUT2D eigenvalue weighted by atomic mass is 9.44. The predicted molar refractivity (Wildman–Crippen MR) is 121 cm³/mol. The first kappa shape index (κ1) is 20.9. The Hall–Kier alpha value is -1.46. The number of fused-ring (bicyclic) bond motifs is 6. The maximum atomic E-state index is 13.3. The van der Waals surface area contributed by atoms with Gasteiger partial charge in [0.05, 0.1) is 23.7 Å². The van der Waals surface area contributed by atoms with Crippen molar-refractivity contribution < 1.29 is 23.8 Å². The van der Waals surface area contributed by atoms with Gasteiger partial charge in [-0.3, -0.25) is 4.79 Å². The summed E-state index contributed by atoms with van der Waals surface area (Å²) in [6.45, 7) is 11.3. The molecule has 0 aromatic heterocycles. The van der Waals surface area contributed by atoms with Crippen molar-refractivity contribution in [2.45, 2.75) is 89.1 Å². The first-order valence-electron chi connectivity index (χ1n) is 13.1. The molecule has 3 aliphatic heterocycles. The van der Waals surface area contributed by atoms with Gasteiger partial charge in [-0.15, -0.1) is 0 Å². The molecule has 2 bridgehead atoms. The average Bonchev–Trinajstić information content (AvgIpc) is 3.37. The summed E-state index contributed by atoms with van der Waals surface area (Å²) in [4.78, 5) is 25.8. The fourth-order valence-electron chi connectivity index (χ4n) is 9.97. The molecule has 5 nitrogen and oxygen atoms in total. The van der Waals surface area contributed by atoms with Gasteiger partial charge in [-0.05, 0) is 87.5 Å². The van der Waals surface area contributed by atoms with Gasteiger partial charge in [0.1, 0.15) is 17.3 Å². The summed E-state index contributed by atoms with van der Waals surface area (Å²) in [7, 11) is 0. The maximum absolute atomic E-state index is 13.3. The van der Waals surface area contributed by atoms with Crippen LogP contribution in [-0.2, 0) is 23.8 Å². The van der Waals surface area contributed by atoms with Crippen molar-refractivity contribution in [1.82, 2.24) is 0 Å². The van der Waals surface area contributed by atoms with Crippen molar-refractivity contribution in [3.63, 3.8) is 0 Å². The van der Waals surface area contributed by atoms with Crippen LogP contribution in [0.25, 0.3) is 0 Å². The van der Waals surface area contributed by atoms with E-state index in [9.17, 15) is 9.59 Å². The fourth-order valence-corrected chi connectivity index (χ4v) is 9.97. The molecule has 178 valence electrons. The van der Waals surface area contributed by atoms with Crippen molar-refractivity contribution >= 4 is 11.8 Å². The van der Waals surface area contributed by atoms with Crippen molar-refractivity contribution in [2.24, 2.45) is 40.4 Å². The van der Waals surface area contributed by atoms with Crippen molar-refractivity contribution in [2.75, 3.05) is 6.61 Å². The van der Waals surface area contributed by atoms with Crippen LogP contribution in [0.3, 0.4) is 0 Å². The minimum atomic E-state index is -0.577. The Morgan fingerprint density at radius 2 is 1.79 bits per heavy atom. The number of carbonyl (C=O) groups is 2. The van der Waals surface area contributed by atoms with Crippen LogP contribution in [0.2, 0.25) is 0 Å². The summed E-state index contributed by atoms with van der Waals surface area (Å²) in [6.07, 6.45) is 11.3. The lowest BCUT2D eigenvalue weighted by Crippen LogP contribution is -2.61. The molecule has 1 spiro atoms. The van der Waals surface area contributed by atoms with Crippen molar-refractivity contribution in [3.8, 4) is 0 Å². The fraction of sp³-hybridized carbons (Fsp3) is 0.786. The number of hydrogen-bond acceptors (Lipinski definition) is 5. The summed E-state index contributed by atoms with van der Waals surface area (Å²) < 4.78 is 18.6. The Labute approximate surface area is 196 Å². The van der Waals surface area contributed by atoms with E-state index >= 15 is 0 Å². The number of ketones is 1. The van der Waals surface area contributed by atoms with Crippen LogP contribution in [-0.4, -0.2) is 41.8 Å². The lowest BCUT2D eigenvalue weighted by molar-refractivity contribution is -0.201. The highest BCUT2D eigenvalue weighted by atomic mass is 16.6. The Kier molecular flexibility index (Phi) is 3.92. The van der Waals surface area contributed by atoms with E-state index in [1.54, 1.807) is 0 Å². The van der Waals surface area contributed by atoms with Crippen LogP contribution in [0.5, 0.6) is 0 Å². The summed E-state index contributed by atoms with van der Waals surface area (Å²) >= 11 is 0. The Morgan fingerprint density at radius 3 is 2.58 bits per heavy atom. The topological polar surface area (TPSA) is 65.1 Å². The van der Waals surface area contributed by atoms with Crippen molar-refractivity contribution in [3.05, 3.63) is 24.3 Å². The molecule has 0 aromatic rings. The van der Waals surface area contributed by atoms with Crippen LogP contribution in [0.1, 0.15) is 65.7 Å². The largest absolute Gasteiger partial charge is 0.458 e. The third-order valence-electron chi connectivity index (χ3n) is 12.0. The molecule has 7 rings (SSSR count). The van der Waals surface area contributed by atoms with Crippen LogP contribution in [0.4, 0.5) is 0 Å². The third-order valence-corrected chi connectivity index (χ3v) is 12.0. The second-order valence-electron chi connectivity index (χ2n) is 12.8. The molecule has 5 heteroatoms. The van der Waals surface area contributed by atoms with Gasteiger partial charge in [-0.25, -0.2) is 4.79 Å². The number of hydrogen-bond donors (Lipinski definition) is 0. The molecule has 0 radical (unpaired) electrons. The summed E-state index contributed by atoms with van der Waals surface area (Å²) in [6, 6.07) is 0. The zero-order valence-corrected chi connectivity index (χ0v) is 20.1. The maximum Gasteiger partial charge on any atom is 0.336 e. The molecule has 33 heavy (non-hydrogen) atoms. The van der Waals surface area contributed by atoms with Crippen LogP contribution in [0.15, 0.2) is 24.3 Å². The van der Waals surface area contributed by atoms with Gasteiger partial charge >= 0.3 is 5.97 Å². The molecule has 3 saturated carbocycles. The van der Waals surface area contributed by atoms with Crippen LogP contribution in [0, 0.1) is 40.4 Å². The van der Waals surface area contributed by atoms with Crippen LogP contribution >= 0.6 is 0 Å². The third kappa shape index (κ3) is 2.32. The quantitative estimate of drug-likeness (QED) is 0.335. The minimum Gasteiger partial charge on any atom is -0.458 e. The molecular formula is C28H36O5. The van der Waals surface area contributed by atoms with E-state index in [0.29, 0.717) is 41.6 Å². The molecular weight excluding hydrogens is 416 g/mol. The number of epoxide rings is 1. The summed E-state index contributed by atoms with van der Waals surface area (Å²) in [5.74, 6) is 2.29. The van der Waals surface area contributed by atoms with Gasteiger partial charge in [-0.2, -0.15) is 0 Å². The van der Waals surface area contributed by atoms with Gasteiger partial charge in [0.15, 0.2) is 5.78 Å². The highest BCUT2D eigenvalue weighted by Crippen LogP contribution is 2.73. The van der Waals surface area contributed by atoms with Gasteiger partial charge in [0, 0.05) is 12.3 Å². The van der Waals surface area contributed by atoms with Crippen molar-refractivity contribution in [1.29, 1.82) is 0 Å². The number of rotatable bonds is 1. The molecule has 1 unspecified atom stereocenters. The Bertz CT molecular complexity index is 1000. The average molecular weight is 453 g/mol. The lowest BCUT2D eigenvalue weighted by Gasteiger charge is -2.58. The highest BCUT2D eigenvalue weighted by Gasteiger charge is 2.77. The second-order valence-corrected chi connectivity index (χ2v) is 12.8. The predicted octanol–water partition coefficient (Wildman–Crippen LogP) is 4.40. The number of esters is 1. The molecule has 3 saturated heterocycles. The Balaban J connectivity index is 1.19. The van der Waals surface area contributed by atoms with Gasteiger partial charge in [-0.1, -0.05) is 19.6 Å². The number of ether oxygens (including phenoxy) is 3. The van der Waals surface area contributed by atoms with E-state index in [1.807, 2.05) is 19.1 Å². The first-order chi connectivity index (χ1) is 15.6. The molecule has 0 N–H and O–H groups in total. The zero-order valence-electron chi connectivity index (χ0n) is 20.1. The summed E-state index contributed by atoms with van der Waals surface area (Å²) in [5, 5.41) is 0. The summed E-state index contributed by atoms with van der Waals surface area (Å²) in [5.41, 5.74) is -0.520. The van der Waals surface area contributed by atoms with E-state index in [1.165, 1.54) is 6.42 Å². The molecule has 0 amide bonds. The van der Waals surface area contributed by atoms with Gasteiger partial charge in [0.2, 0.25) is 0 Å². The van der Waals surface area contributed by atoms with E-state index < -0.39 is 5.60 Å². The van der Waals surface area contributed by atoms with E-state index in [2.05, 4.69) is 20.4 Å². The molecule has 0 aromatic carbocycles. The highest BCUT2D eigenvalue weighted by molar-refractivity contribution is 5.97.